The molecule has 7 nitrogen and oxygen atoms in total. The third-order valence-corrected chi connectivity index (χ3v) is 7.52. The highest BCUT2D eigenvalue weighted by Crippen LogP contribution is 2.57. The van der Waals surface area contributed by atoms with Crippen LogP contribution >= 0.6 is 0 Å². The lowest BCUT2D eigenvalue weighted by Gasteiger charge is -2.33. The molecule has 1 saturated carbocycles. The van der Waals surface area contributed by atoms with Gasteiger partial charge in [-0.15, -0.1) is 5.10 Å². The standard InChI is InChI=1S/C25H23F5N4O3/c1-13-19(9-17(10-20(13)27)34-23(25(28,29)30)31-32-33-34)15-11-24(37-12-15)8-7-18(22(35)36-2)21(24)14-3-5-16(26)6-4-14/h3-6,9-10,15,18,21H,7-8,11-12H2,1-2H3/t15-,18+,21-,24-/m1/s1. The van der Waals surface area contributed by atoms with Gasteiger partial charge in [0.15, 0.2) is 0 Å². The maximum Gasteiger partial charge on any atom is 0.453 e. The fraction of sp³-hybridized carbons (Fsp3) is 0.440. The van der Waals surface area contributed by atoms with Crippen LogP contribution in [0.15, 0.2) is 36.4 Å². The van der Waals surface area contributed by atoms with E-state index in [9.17, 15) is 26.7 Å². The average molecular weight is 522 g/mol. The molecule has 5 rings (SSSR count). The lowest BCUT2D eigenvalue weighted by Crippen LogP contribution is -2.35. The molecule has 196 valence electrons. The summed E-state index contributed by atoms with van der Waals surface area (Å²) in [5, 5.41) is 9.57. The molecule has 2 fully saturated rings. The number of benzene rings is 2. The van der Waals surface area contributed by atoms with Crippen LogP contribution in [0.25, 0.3) is 5.69 Å². The summed E-state index contributed by atoms with van der Waals surface area (Å²) < 4.78 is 80.6. The summed E-state index contributed by atoms with van der Waals surface area (Å²) in [5.41, 5.74) is 0.485. The Balaban J connectivity index is 1.52. The number of alkyl halides is 3. The van der Waals surface area contributed by atoms with Crippen LogP contribution < -0.4 is 0 Å². The fourth-order valence-electron chi connectivity index (χ4n) is 5.86. The first kappa shape index (κ1) is 25.2. The van der Waals surface area contributed by atoms with E-state index < -0.39 is 47.0 Å². The Bertz CT molecular complexity index is 1330. The lowest BCUT2D eigenvalue weighted by atomic mass is 9.76. The second kappa shape index (κ2) is 9.16. The summed E-state index contributed by atoms with van der Waals surface area (Å²) in [6.07, 6.45) is -3.46. The van der Waals surface area contributed by atoms with Crippen LogP contribution in [0.2, 0.25) is 0 Å². The molecule has 0 bridgehead atoms. The van der Waals surface area contributed by atoms with Gasteiger partial charge in [0.1, 0.15) is 11.6 Å². The maximum absolute atomic E-state index is 15.0. The van der Waals surface area contributed by atoms with E-state index in [4.69, 9.17) is 9.47 Å². The van der Waals surface area contributed by atoms with Crippen LogP contribution in [-0.4, -0.2) is 45.5 Å². The minimum atomic E-state index is -4.83. The van der Waals surface area contributed by atoms with Crippen LogP contribution in [0.5, 0.6) is 0 Å². The number of carbonyl (C=O) groups is 1. The Morgan fingerprint density at radius 2 is 1.92 bits per heavy atom. The van der Waals surface area contributed by atoms with Crippen molar-refractivity contribution < 1.29 is 36.2 Å². The molecule has 0 radical (unpaired) electrons. The topological polar surface area (TPSA) is 79.1 Å². The van der Waals surface area contributed by atoms with Crippen molar-refractivity contribution >= 4 is 5.97 Å². The highest BCUT2D eigenvalue weighted by molar-refractivity contribution is 5.74. The third kappa shape index (κ3) is 4.36. The van der Waals surface area contributed by atoms with Crippen molar-refractivity contribution in [1.82, 2.24) is 20.2 Å². The Morgan fingerprint density at radius 1 is 1.19 bits per heavy atom. The molecule has 1 aliphatic carbocycles. The van der Waals surface area contributed by atoms with Gasteiger partial charge in [-0.1, -0.05) is 12.1 Å². The number of ether oxygens (including phenoxy) is 2. The summed E-state index contributed by atoms with van der Waals surface area (Å²) in [6, 6.07) is 8.26. The molecule has 2 aliphatic rings. The molecule has 4 atom stereocenters. The molecule has 2 heterocycles. The van der Waals surface area contributed by atoms with Crippen LogP contribution in [0, 0.1) is 24.5 Å². The SMILES string of the molecule is COC(=O)[C@H]1CC[C@@]2(C[C@@H](c3cc(-n4nnnc4C(F)(F)F)cc(F)c3C)CO2)[C@@H]1c1ccc(F)cc1. The average Bonchev–Trinajstić information content (AvgIpc) is 3.60. The molecule has 2 aromatic carbocycles. The first-order valence-corrected chi connectivity index (χ1v) is 11.7. The molecule has 0 amide bonds. The zero-order chi connectivity index (χ0) is 26.5. The number of tetrazole rings is 1. The number of nitrogens with zero attached hydrogens (tertiary/aromatic N) is 4. The number of esters is 1. The van der Waals surface area contributed by atoms with Crippen molar-refractivity contribution in [2.75, 3.05) is 13.7 Å². The van der Waals surface area contributed by atoms with Crippen molar-refractivity contribution in [2.45, 2.75) is 49.8 Å². The largest absolute Gasteiger partial charge is 0.469 e. The molecule has 1 saturated heterocycles. The van der Waals surface area contributed by atoms with E-state index >= 15 is 0 Å². The zero-order valence-electron chi connectivity index (χ0n) is 19.9. The normalized spacial score (nSPS) is 25.6. The van der Waals surface area contributed by atoms with Gasteiger partial charge in [-0.2, -0.15) is 17.9 Å². The van der Waals surface area contributed by atoms with Crippen LogP contribution in [0.1, 0.15) is 53.6 Å². The number of methoxy groups -OCH3 is 1. The van der Waals surface area contributed by atoms with E-state index in [0.29, 0.717) is 29.5 Å². The summed E-state index contributed by atoms with van der Waals surface area (Å²) >= 11 is 0. The number of aromatic nitrogens is 4. The molecule has 1 aromatic heterocycles. The molecule has 37 heavy (non-hydrogen) atoms. The first-order chi connectivity index (χ1) is 17.5. The van der Waals surface area contributed by atoms with E-state index in [2.05, 4.69) is 15.5 Å². The minimum Gasteiger partial charge on any atom is -0.469 e. The molecular weight excluding hydrogens is 499 g/mol. The lowest BCUT2D eigenvalue weighted by molar-refractivity contribution is -0.147. The second-order valence-corrected chi connectivity index (χ2v) is 9.53. The third-order valence-electron chi connectivity index (χ3n) is 7.52. The van der Waals surface area contributed by atoms with E-state index in [1.165, 1.54) is 25.3 Å². The van der Waals surface area contributed by atoms with Gasteiger partial charge >= 0.3 is 12.1 Å². The number of carbonyl (C=O) groups excluding carboxylic acids is 1. The summed E-state index contributed by atoms with van der Waals surface area (Å²) in [6.45, 7) is 1.71. The quantitative estimate of drug-likeness (QED) is 0.359. The van der Waals surface area contributed by atoms with Crippen molar-refractivity contribution in [1.29, 1.82) is 0 Å². The summed E-state index contributed by atoms with van der Waals surface area (Å²) in [7, 11) is 1.30. The van der Waals surface area contributed by atoms with Crippen molar-refractivity contribution in [3.63, 3.8) is 0 Å². The van der Waals surface area contributed by atoms with E-state index in [1.54, 1.807) is 19.1 Å². The highest BCUT2D eigenvalue weighted by atomic mass is 19.4. The Kier molecular flexibility index (Phi) is 6.25. The summed E-state index contributed by atoms with van der Waals surface area (Å²) in [5.74, 6) is -4.22. The minimum absolute atomic E-state index is 0.162. The van der Waals surface area contributed by atoms with Crippen LogP contribution in [0.3, 0.4) is 0 Å². The number of hydrogen-bond acceptors (Lipinski definition) is 6. The fourth-order valence-corrected chi connectivity index (χ4v) is 5.86. The number of halogens is 5. The predicted octanol–water partition coefficient (Wildman–Crippen LogP) is 4.88. The van der Waals surface area contributed by atoms with Gasteiger partial charge in [-0.05, 0) is 77.6 Å². The Hall–Kier alpha value is -3.41. The molecule has 1 aliphatic heterocycles. The smallest absolute Gasteiger partial charge is 0.453 e. The van der Waals surface area contributed by atoms with Gasteiger partial charge in [0.25, 0.3) is 5.82 Å². The van der Waals surface area contributed by atoms with Crippen molar-refractivity contribution in [3.05, 3.63) is 70.5 Å². The van der Waals surface area contributed by atoms with E-state index in [0.717, 1.165) is 11.6 Å². The molecular formula is C25H23F5N4O3. The van der Waals surface area contributed by atoms with Gasteiger partial charge in [-0.25, -0.2) is 8.78 Å². The summed E-state index contributed by atoms with van der Waals surface area (Å²) in [4.78, 5) is 12.6. The Morgan fingerprint density at radius 3 is 2.59 bits per heavy atom. The zero-order valence-corrected chi connectivity index (χ0v) is 19.9. The molecule has 0 N–H and O–H groups in total. The van der Waals surface area contributed by atoms with Crippen LogP contribution in [0.4, 0.5) is 22.0 Å². The highest BCUT2D eigenvalue weighted by Gasteiger charge is 2.56. The Labute approximate surface area is 208 Å². The molecule has 0 unspecified atom stereocenters. The van der Waals surface area contributed by atoms with Gasteiger partial charge in [0.05, 0.1) is 30.9 Å². The van der Waals surface area contributed by atoms with Gasteiger partial charge in [0.2, 0.25) is 0 Å². The van der Waals surface area contributed by atoms with Crippen molar-refractivity contribution in [3.8, 4) is 5.69 Å². The molecule has 1 spiro atoms. The predicted molar refractivity (Wildman–Crippen MR) is 119 cm³/mol. The molecule has 3 aromatic rings. The maximum atomic E-state index is 15.0. The number of hydrogen-bond donors (Lipinski definition) is 0. The van der Waals surface area contributed by atoms with Gasteiger partial charge in [-0.3, -0.25) is 4.79 Å². The van der Waals surface area contributed by atoms with Crippen LogP contribution in [-0.2, 0) is 20.4 Å². The molecule has 12 heteroatoms. The van der Waals surface area contributed by atoms with Crippen molar-refractivity contribution in [2.24, 2.45) is 5.92 Å². The van der Waals surface area contributed by atoms with E-state index in [-0.39, 0.29) is 23.8 Å². The first-order valence-electron chi connectivity index (χ1n) is 11.7. The second-order valence-electron chi connectivity index (χ2n) is 9.53. The van der Waals surface area contributed by atoms with Gasteiger partial charge in [0, 0.05) is 11.8 Å². The monoisotopic (exact) mass is 522 g/mol. The van der Waals surface area contributed by atoms with Gasteiger partial charge < -0.3 is 9.47 Å². The van der Waals surface area contributed by atoms with E-state index in [1.807, 2.05) is 0 Å². The number of rotatable bonds is 4.